The lowest BCUT2D eigenvalue weighted by Gasteiger charge is -2.33. The molecule has 0 amide bonds. The molecule has 0 fully saturated rings. The van der Waals surface area contributed by atoms with Crippen LogP contribution in [-0.2, 0) is 5.54 Å². The molecular formula is C18H20ClFN2O. The fourth-order valence-electron chi connectivity index (χ4n) is 2.49. The van der Waals surface area contributed by atoms with Crippen molar-refractivity contribution in [2.24, 2.45) is 0 Å². The number of pyridine rings is 1. The molecule has 0 radical (unpaired) electrons. The van der Waals surface area contributed by atoms with E-state index < -0.39 is 11.5 Å². The number of anilines is 1. The number of benzene rings is 1. The molecule has 0 aliphatic heterocycles. The van der Waals surface area contributed by atoms with E-state index >= 15 is 0 Å². The van der Waals surface area contributed by atoms with Gasteiger partial charge in [0.1, 0.15) is 10.8 Å². The largest absolute Gasteiger partial charge is 0.497 e. The first kappa shape index (κ1) is 17.3. The standard InChI is InChI=1S/C18H20ClFN2O/c1-4-5-11-18(2,15-10-12-21-17(20)16(15)19)22-13-6-8-14(23-3)9-7-13/h4,6-10,12,22H,1,5,11H2,2-3H3/t18-/m0/s1. The van der Waals surface area contributed by atoms with E-state index in [9.17, 15) is 4.39 Å². The van der Waals surface area contributed by atoms with E-state index in [0.717, 1.165) is 17.9 Å². The highest BCUT2D eigenvalue weighted by Gasteiger charge is 2.29. The Morgan fingerprint density at radius 1 is 1.35 bits per heavy atom. The van der Waals surface area contributed by atoms with E-state index in [0.29, 0.717) is 12.0 Å². The van der Waals surface area contributed by atoms with Crippen LogP contribution in [0.3, 0.4) is 0 Å². The van der Waals surface area contributed by atoms with Crippen molar-refractivity contribution >= 4 is 17.3 Å². The van der Waals surface area contributed by atoms with E-state index in [2.05, 4.69) is 16.9 Å². The van der Waals surface area contributed by atoms with E-state index in [4.69, 9.17) is 16.3 Å². The first-order valence-corrected chi connectivity index (χ1v) is 7.71. The normalized spacial score (nSPS) is 13.2. The Kier molecular flexibility index (Phi) is 5.61. The topological polar surface area (TPSA) is 34.1 Å². The summed E-state index contributed by atoms with van der Waals surface area (Å²) < 4.78 is 18.9. The summed E-state index contributed by atoms with van der Waals surface area (Å²) in [6, 6.07) is 9.30. The monoisotopic (exact) mass is 334 g/mol. The molecule has 1 aromatic carbocycles. The lowest BCUT2D eigenvalue weighted by atomic mass is 9.87. The highest BCUT2D eigenvalue weighted by molar-refractivity contribution is 6.31. The Morgan fingerprint density at radius 3 is 2.65 bits per heavy atom. The number of allylic oxidation sites excluding steroid dienone is 1. The van der Waals surface area contributed by atoms with Crippen LogP contribution in [-0.4, -0.2) is 12.1 Å². The van der Waals surface area contributed by atoms with Crippen LogP contribution < -0.4 is 10.1 Å². The number of nitrogens with one attached hydrogen (secondary N) is 1. The Bertz CT molecular complexity index is 675. The zero-order chi connectivity index (χ0) is 16.9. The van der Waals surface area contributed by atoms with Gasteiger partial charge in [-0.25, -0.2) is 4.98 Å². The molecule has 23 heavy (non-hydrogen) atoms. The van der Waals surface area contributed by atoms with Crippen molar-refractivity contribution in [3.63, 3.8) is 0 Å². The van der Waals surface area contributed by atoms with Crippen molar-refractivity contribution in [1.82, 2.24) is 4.98 Å². The van der Waals surface area contributed by atoms with Crippen molar-refractivity contribution in [3.05, 3.63) is 65.7 Å². The molecule has 0 bridgehead atoms. The van der Waals surface area contributed by atoms with E-state index in [1.807, 2.05) is 37.3 Å². The lowest BCUT2D eigenvalue weighted by molar-refractivity contribution is 0.414. The molecule has 1 atom stereocenters. The third kappa shape index (κ3) is 4.02. The van der Waals surface area contributed by atoms with Crippen LogP contribution in [0, 0.1) is 5.95 Å². The van der Waals surface area contributed by atoms with Gasteiger partial charge in [-0.05, 0) is 50.1 Å². The minimum atomic E-state index is -0.662. The summed E-state index contributed by atoms with van der Waals surface area (Å²) in [5, 5.41) is 3.49. The molecule has 122 valence electrons. The van der Waals surface area contributed by atoms with Gasteiger partial charge >= 0.3 is 0 Å². The van der Waals surface area contributed by atoms with Crippen LogP contribution in [0.4, 0.5) is 10.1 Å². The van der Waals surface area contributed by atoms with Crippen molar-refractivity contribution < 1.29 is 9.13 Å². The Balaban J connectivity index is 2.37. The van der Waals surface area contributed by atoms with Gasteiger partial charge in [-0.3, -0.25) is 0 Å². The van der Waals surface area contributed by atoms with Gasteiger partial charge in [0, 0.05) is 17.4 Å². The second kappa shape index (κ2) is 7.47. The van der Waals surface area contributed by atoms with Crippen molar-refractivity contribution in [1.29, 1.82) is 0 Å². The SMILES string of the molecule is C=CCC[C@](C)(Nc1ccc(OC)cc1)c1ccnc(F)c1Cl. The molecule has 0 saturated heterocycles. The van der Waals surface area contributed by atoms with Gasteiger partial charge in [-0.2, -0.15) is 4.39 Å². The van der Waals surface area contributed by atoms with Gasteiger partial charge < -0.3 is 10.1 Å². The maximum Gasteiger partial charge on any atom is 0.231 e. The fraction of sp³-hybridized carbons (Fsp3) is 0.278. The molecule has 0 spiro atoms. The maximum atomic E-state index is 13.8. The van der Waals surface area contributed by atoms with Crippen molar-refractivity contribution in [2.45, 2.75) is 25.3 Å². The average Bonchev–Trinajstić information content (AvgIpc) is 2.56. The summed E-state index contributed by atoms with van der Waals surface area (Å²) >= 11 is 6.15. The Labute approximate surface area is 141 Å². The molecular weight excluding hydrogens is 315 g/mol. The number of ether oxygens (including phenoxy) is 1. The van der Waals surface area contributed by atoms with Crippen molar-refractivity contribution in [2.75, 3.05) is 12.4 Å². The third-order valence-electron chi connectivity index (χ3n) is 3.80. The molecule has 0 aliphatic carbocycles. The van der Waals surface area contributed by atoms with Gasteiger partial charge in [-0.1, -0.05) is 17.7 Å². The zero-order valence-electron chi connectivity index (χ0n) is 13.3. The predicted octanol–water partition coefficient (Wildman–Crippen LogP) is 5.18. The van der Waals surface area contributed by atoms with Crippen LogP contribution in [0.5, 0.6) is 5.75 Å². The highest BCUT2D eigenvalue weighted by Crippen LogP contribution is 2.36. The second-order valence-corrected chi connectivity index (χ2v) is 5.85. The lowest BCUT2D eigenvalue weighted by Crippen LogP contribution is -2.32. The van der Waals surface area contributed by atoms with Crippen LogP contribution in [0.25, 0.3) is 0 Å². The summed E-state index contributed by atoms with van der Waals surface area (Å²) in [7, 11) is 1.62. The molecule has 0 unspecified atom stereocenters. The number of hydrogen-bond acceptors (Lipinski definition) is 3. The van der Waals surface area contributed by atoms with Crippen LogP contribution in [0.1, 0.15) is 25.3 Å². The van der Waals surface area contributed by atoms with Gasteiger partial charge in [0.15, 0.2) is 0 Å². The van der Waals surface area contributed by atoms with Crippen LogP contribution in [0.2, 0.25) is 5.02 Å². The molecule has 5 heteroatoms. The average molecular weight is 335 g/mol. The van der Waals surface area contributed by atoms with Crippen molar-refractivity contribution in [3.8, 4) is 5.75 Å². The summed E-state index contributed by atoms with van der Waals surface area (Å²) in [5.74, 6) is 0.113. The van der Waals surface area contributed by atoms with Crippen LogP contribution in [0.15, 0.2) is 49.2 Å². The van der Waals surface area contributed by atoms with Gasteiger partial charge in [0.05, 0.1) is 12.6 Å². The van der Waals surface area contributed by atoms with Crippen LogP contribution >= 0.6 is 11.6 Å². The molecule has 2 rings (SSSR count). The molecule has 1 aromatic heterocycles. The van der Waals surface area contributed by atoms with Gasteiger partial charge in [0.2, 0.25) is 5.95 Å². The Morgan fingerprint density at radius 2 is 2.04 bits per heavy atom. The molecule has 2 aromatic rings. The van der Waals surface area contributed by atoms with Gasteiger partial charge in [0.25, 0.3) is 0 Å². The molecule has 3 nitrogen and oxygen atoms in total. The number of rotatable bonds is 7. The Hall–Kier alpha value is -2.07. The first-order valence-electron chi connectivity index (χ1n) is 7.34. The summed E-state index contributed by atoms with van der Waals surface area (Å²) in [6.45, 7) is 5.75. The number of nitrogens with zero attached hydrogens (tertiary/aromatic N) is 1. The van der Waals surface area contributed by atoms with E-state index in [-0.39, 0.29) is 5.02 Å². The van der Waals surface area contributed by atoms with E-state index in [1.54, 1.807) is 13.2 Å². The zero-order valence-corrected chi connectivity index (χ0v) is 14.0. The van der Waals surface area contributed by atoms with Gasteiger partial charge in [-0.15, -0.1) is 6.58 Å². The fourth-order valence-corrected chi connectivity index (χ4v) is 2.81. The number of hydrogen-bond donors (Lipinski definition) is 1. The number of methoxy groups -OCH3 is 1. The predicted molar refractivity (Wildman–Crippen MR) is 92.6 cm³/mol. The maximum absolute atomic E-state index is 13.8. The van der Waals surface area contributed by atoms with E-state index in [1.165, 1.54) is 6.20 Å². The minimum Gasteiger partial charge on any atom is -0.497 e. The summed E-state index contributed by atoms with van der Waals surface area (Å²) in [6.07, 6.45) is 4.74. The molecule has 1 heterocycles. The molecule has 1 N–H and O–H groups in total. The number of aromatic nitrogens is 1. The smallest absolute Gasteiger partial charge is 0.231 e. The highest BCUT2D eigenvalue weighted by atomic mass is 35.5. The molecule has 0 saturated carbocycles. The first-order chi connectivity index (χ1) is 11.0. The summed E-state index contributed by atoms with van der Waals surface area (Å²) in [4.78, 5) is 3.60. The summed E-state index contributed by atoms with van der Waals surface area (Å²) in [5.41, 5.74) is 1.01. The number of halogens is 2. The quantitative estimate of drug-likeness (QED) is 0.560. The second-order valence-electron chi connectivity index (χ2n) is 5.48. The molecule has 0 aliphatic rings. The minimum absolute atomic E-state index is 0.0417. The third-order valence-corrected chi connectivity index (χ3v) is 4.16.